The molecule has 0 bridgehead atoms. The predicted molar refractivity (Wildman–Crippen MR) is 124 cm³/mol. The molecule has 0 aliphatic rings. The van der Waals surface area contributed by atoms with Gasteiger partial charge in [0.25, 0.3) is 0 Å². The van der Waals surface area contributed by atoms with Gasteiger partial charge in [0.2, 0.25) is 5.82 Å². The van der Waals surface area contributed by atoms with E-state index >= 15 is 0 Å². The van der Waals surface area contributed by atoms with Crippen LogP contribution in [0.5, 0.6) is 5.75 Å². The van der Waals surface area contributed by atoms with Crippen LogP contribution in [0.2, 0.25) is 0 Å². The van der Waals surface area contributed by atoms with Crippen molar-refractivity contribution in [2.24, 2.45) is 11.8 Å². The fraction of sp³-hybridized carbons (Fsp3) is 0.333. The molecule has 2 nitrogen and oxygen atoms in total. The van der Waals surface area contributed by atoms with Crippen molar-refractivity contribution in [2.75, 3.05) is 13.7 Å². The molecule has 0 aliphatic heterocycles. The van der Waals surface area contributed by atoms with Gasteiger partial charge in [0.15, 0.2) is 23.2 Å². The summed E-state index contributed by atoms with van der Waals surface area (Å²) in [6, 6.07) is 10.0. The molecule has 0 saturated heterocycles. The van der Waals surface area contributed by atoms with Crippen LogP contribution in [0.25, 0.3) is 11.1 Å². The number of ether oxygens (including phenoxy) is 2. The first kappa shape index (κ1) is 26.2. The van der Waals surface area contributed by atoms with Gasteiger partial charge in [-0.15, -0.1) is 0 Å². The van der Waals surface area contributed by atoms with E-state index in [0.29, 0.717) is 18.4 Å². The SMILES string of the molecule is C=C(OC)/C(F)=C(/F)C(=C)C(C)CCC(C)COc1ccc(-c2ccc(C)cc2)c(F)c1F. The number of benzene rings is 2. The molecule has 33 heavy (non-hydrogen) atoms. The van der Waals surface area contributed by atoms with E-state index in [2.05, 4.69) is 17.9 Å². The lowest BCUT2D eigenvalue weighted by molar-refractivity contribution is 0.234. The second-order valence-electron chi connectivity index (χ2n) is 8.28. The fourth-order valence-electron chi connectivity index (χ4n) is 3.19. The Morgan fingerprint density at radius 3 is 2.15 bits per heavy atom. The van der Waals surface area contributed by atoms with Gasteiger partial charge in [0.1, 0.15) is 5.76 Å². The molecule has 0 heterocycles. The smallest absolute Gasteiger partial charge is 0.201 e. The van der Waals surface area contributed by atoms with Gasteiger partial charge in [-0.05, 0) is 54.9 Å². The average Bonchev–Trinajstić information content (AvgIpc) is 2.82. The van der Waals surface area contributed by atoms with E-state index in [1.54, 1.807) is 19.1 Å². The average molecular weight is 463 g/mol. The van der Waals surface area contributed by atoms with Crippen molar-refractivity contribution in [2.45, 2.75) is 33.6 Å². The summed E-state index contributed by atoms with van der Waals surface area (Å²) in [7, 11) is 1.20. The van der Waals surface area contributed by atoms with Gasteiger partial charge < -0.3 is 9.47 Å². The monoisotopic (exact) mass is 462 g/mol. The number of halogens is 4. The standard InChI is InChI=1S/C27H30F4O2/c1-16-8-11-21(12-9-16)22-13-14-23(27(31)26(22)30)33-15-17(2)7-10-18(3)19(4)24(28)25(29)20(5)32-6/h8-9,11-14,17-18H,4-5,7,10,15H2,1-3,6H3/b25-24-. The lowest BCUT2D eigenvalue weighted by atomic mass is 9.92. The first-order valence-corrected chi connectivity index (χ1v) is 10.7. The molecule has 0 N–H and O–H groups in total. The largest absolute Gasteiger partial charge is 0.494 e. The van der Waals surface area contributed by atoms with Crippen LogP contribution in [0.1, 0.15) is 32.3 Å². The van der Waals surface area contributed by atoms with Gasteiger partial charge in [0.05, 0.1) is 13.7 Å². The highest BCUT2D eigenvalue weighted by molar-refractivity contribution is 5.65. The van der Waals surface area contributed by atoms with E-state index in [-0.39, 0.29) is 35.3 Å². The molecule has 0 fully saturated rings. The van der Waals surface area contributed by atoms with Crippen molar-refractivity contribution in [1.82, 2.24) is 0 Å². The van der Waals surface area contributed by atoms with Crippen LogP contribution in [0.4, 0.5) is 17.6 Å². The zero-order valence-corrected chi connectivity index (χ0v) is 19.5. The van der Waals surface area contributed by atoms with E-state index in [1.165, 1.54) is 19.2 Å². The molecule has 2 aromatic carbocycles. The van der Waals surface area contributed by atoms with Crippen molar-refractivity contribution in [3.05, 3.63) is 89.7 Å². The molecule has 6 heteroatoms. The van der Waals surface area contributed by atoms with Crippen LogP contribution in [0.15, 0.2) is 72.5 Å². The molecule has 2 aromatic rings. The molecular formula is C27H30F4O2. The van der Waals surface area contributed by atoms with Gasteiger partial charge in [-0.1, -0.05) is 56.8 Å². The minimum Gasteiger partial charge on any atom is -0.494 e. The predicted octanol–water partition coefficient (Wildman–Crippen LogP) is 8.24. The maximum atomic E-state index is 14.6. The number of rotatable bonds is 11. The Hall–Kier alpha value is -3.02. The lowest BCUT2D eigenvalue weighted by Crippen LogP contribution is -2.12. The molecule has 2 atom stereocenters. The van der Waals surface area contributed by atoms with Crippen LogP contribution in [-0.2, 0) is 4.74 Å². The summed E-state index contributed by atoms with van der Waals surface area (Å²) in [4.78, 5) is 0. The highest BCUT2D eigenvalue weighted by Crippen LogP contribution is 2.32. The summed E-state index contributed by atoms with van der Waals surface area (Å²) in [6.07, 6.45) is 1.10. The van der Waals surface area contributed by atoms with Crippen LogP contribution < -0.4 is 4.74 Å². The van der Waals surface area contributed by atoms with Gasteiger partial charge >= 0.3 is 0 Å². The quantitative estimate of drug-likeness (QED) is 0.190. The topological polar surface area (TPSA) is 18.5 Å². The molecule has 0 radical (unpaired) electrons. The Kier molecular flexibility index (Phi) is 9.32. The highest BCUT2D eigenvalue weighted by atomic mass is 19.2. The van der Waals surface area contributed by atoms with Gasteiger partial charge in [0, 0.05) is 5.56 Å². The Bertz CT molecular complexity index is 1030. The number of hydrogen-bond donors (Lipinski definition) is 0. The van der Waals surface area contributed by atoms with Crippen molar-refractivity contribution in [3.63, 3.8) is 0 Å². The first-order valence-electron chi connectivity index (χ1n) is 10.7. The Morgan fingerprint density at radius 1 is 0.909 bits per heavy atom. The summed E-state index contributed by atoms with van der Waals surface area (Å²) >= 11 is 0. The van der Waals surface area contributed by atoms with Crippen molar-refractivity contribution in [3.8, 4) is 16.9 Å². The molecule has 178 valence electrons. The van der Waals surface area contributed by atoms with Gasteiger partial charge in [-0.2, -0.15) is 8.78 Å². The van der Waals surface area contributed by atoms with Crippen molar-refractivity contribution in [1.29, 1.82) is 0 Å². The third kappa shape index (κ3) is 6.73. The molecule has 0 aliphatic carbocycles. The van der Waals surface area contributed by atoms with E-state index in [0.717, 1.165) is 5.56 Å². The minimum absolute atomic E-state index is 0.0126. The van der Waals surface area contributed by atoms with Crippen LogP contribution in [0, 0.1) is 30.4 Å². The number of aryl methyl sites for hydroxylation is 1. The number of hydrogen-bond acceptors (Lipinski definition) is 2. The molecule has 0 spiro atoms. The third-order valence-corrected chi connectivity index (χ3v) is 5.59. The Labute approximate surface area is 193 Å². The Balaban J connectivity index is 1.95. The van der Waals surface area contributed by atoms with Crippen LogP contribution in [-0.4, -0.2) is 13.7 Å². The Morgan fingerprint density at radius 2 is 1.55 bits per heavy atom. The number of allylic oxidation sites excluding steroid dienone is 3. The van der Waals surface area contributed by atoms with Crippen molar-refractivity contribution < 1.29 is 27.0 Å². The molecular weight excluding hydrogens is 432 g/mol. The van der Waals surface area contributed by atoms with E-state index in [4.69, 9.17) is 4.74 Å². The summed E-state index contributed by atoms with van der Waals surface area (Å²) in [5.74, 6) is -5.19. The summed E-state index contributed by atoms with van der Waals surface area (Å²) in [5.41, 5.74) is 1.78. The molecule has 2 rings (SSSR count). The zero-order valence-electron chi connectivity index (χ0n) is 19.5. The van der Waals surface area contributed by atoms with Crippen LogP contribution in [0.3, 0.4) is 0 Å². The second kappa shape index (κ2) is 11.7. The van der Waals surface area contributed by atoms with Gasteiger partial charge in [-0.25, -0.2) is 8.78 Å². The fourth-order valence-corrected chi connectivity index (χ4v) is 3.19. The molecule has 0 amide bonds. The lowest BCUT2D eigenvalue weighted by Gasteiger charge is -2.18. The highest BCUT2D eigenvalue weighted by Gasteiger charge is 2.20. The molecule has 2 unspecified atom stereocenters. The minimum atomic E-state index is -1.17. The maximum absolute atomic E-state index is 14.6. The first-order chi connectivity index (χ1) is 15.6. The normalized spacial score (nSPS) is 13.7. The zero-order chi connectivity index (χ0) is 24.7. The van der Waals surface area contributed by atoms with E-state index in [9.17, 15) is 17.6 Å². The summed E-state index contributed by atoms with van der Waals surface area (Å²) < 4.78 is 67.3. The molecule has 0 saturated carbocycles. The second-order valence-corrected chi connectivity index (χ2v) is 8.28. The summed E-state index contributed by atoms with van der Waals surface area (Å²) in [6.45, 7) is 12.6. The maximum Gasteiger partial charge on any atom is 0.201 e. The van der Waals surface area contributed by atoms with Crippen molar-refractivity contribution >= 4 is 0 Å². The van der Waals surface area contributed by atoms with Gasteiger partial charge in [-0.3, -0.25) is 0 Å². The third-order valence-electron chi connectivity index (χ3n) is 5.59. The molecule has 0 aromatic heterocycles. The van der Waals surface area contributed by atoms with Crippen LogP contribution >= 0.6 is 0 Å². The summed E-state index contributed by atoms with van der Waals surface area (Å²) in [5, 5.41) is 0. The van der Waals surface area contributed by atoms with E-state index < -0.39 is 29.0 Å². The number of methoxy groups -OCH3 is 1. The van der Waals surface area contributed by atoms with E-state index in [1.807, 2.05) is 26.0 Å².